The monoisotopic (exact) mass is 588 g/mol. The van der Waals surface area contributed by atoms with Crippen LogP contribution in [0.3, 0.4) is 0 Å². The minimum atomic E-state index is -0.511. The van der Waals surface area contributed by atoms with E-state index in [1.165, 1.54) is 0 Å². The number of benzene rings is 2. The number of hydrogen-bond donors (Lipinski definition) is 0. The number of nitrogens with zero attached hydrogens (tertiary/aromatic N) is 4. The van der Waals surface area contributed by atoms with Gasteiger partial charge in [-0.05, 0) is 74.7 Å². The van der Waals surface area contributed by atoms with Crippen LogP contribution in [0, 0.1) is 0 Å². The fourth-order valence-electron chi connectivity index (χ4n) is 6.09. The number of carbonyl (C=O) groups is 3. The number of fused-ring (bicyclic) bond motifs is 3. The minimum absolute atomic E-state index is 0. The van der Waals surface area contributed by atoms with E-state index in [-0.39, 0.29) is 37.0 Å². The summed E-state index contributed by atoms with van der Waals surface area (Å²) in [5, 5.41) is 4.71. The molecule has 3 aliphatic heterocycles. The van der Waals surface area contributed by atoms with Gasteiger partial charge in [0, 0.05) is 41.9 Å². The number of morpholine rings is 1. The van der Waals surface area contributed by atoms with Crippen molar-refractivity contribution in [2.75, 3.05) is 42.7 Å². The Balaban J connectivity index is 0.00000120. The summed E-state index contributed by atoms with van der Waals surface area (Å²) in [5.74, 6) is 0.0134. The lowest BCUT2D eigenvalue weighted by atomic mass is 9.88. The maximum atomic E-state index is 14.2. The third-order valence-corrected chi connectivity index (χ3v) is 8.33. The third-order valence-electron chi connectivity index (χ3n) is 8.33. The molecule has 228 valence electrons. The summed E-state index contributed by atoms with van der Waals surface area (Å²) in [5.41, 5.74) is 4.19. The van der Waals surface area contributed by atoms with Crippen LogP contribution in [-0.4, -0.2) is 66.6 Å². The minimum Gasteiger partial charge on any atom is -0.493 e. The largest absolute Gasteiger partial charge is 0.493 e. The van der Waals surface area contributed by atoms with Gasteiger partial charge in [-0.2, -0.15) is 5.10 Å². The van der Waals surface area contributed by atoms with Crippen LogP contribution in [0.25, 0.3) is 5.69 Å². The van der Waals surface area contributed by atoms with Gasteiger partial charge < -0.3 is 24.0 Å². The Bertz CT molecular complexity index is 1540. The highest BCUT2D eigenvalue weighted by atomic mass is 16.5. The highest BCUT2D eigenvalue weighted by Gasteiger charge is 2.56. The second-order valence-electron chi connectivity index (χ2n) is 10.8. The molecule has 2 amide bonds. The highest BCUT2D eigenvalue weighted by molar-refractivity contribution is 6.10. The van der Waals surface area contributed by atoms with Crippen molar-refractivity contribution in [1.82, 2.24) is 9.78 Å². The van der Waals surface area contributed by atoms with Gasteiger partial charge in [0.25, 0.3) is 11.8 Å². The van der Waals surface area contributed by atoms with Crippen molar-refractivity contribution >= 4 is 29.2 Å². The average molecular weight is 589 g/mol. The lowest BCUT2D eigenvalue weighted by molar-refractivity contribution is -0.132. The van der Waals surface area contributed by atoms with Gasteiger partial charge in [-0.1, -0.05) is 21.3 Å². The topological polar surface area (TPSA) is 103 Å². The molecule has 1 atom stereocenters. The molecular formula is C33H40N4O6. The number of esters is 1. The summed E-state index contributed by atoms with van der Waals surface area (Å²) >= 11 is 0. The molecule has 4 heterocycles. The normalized spacial score (nSPS) is 19.5. The van der Waals surface area contributed by atoms with Crippen LogP contribution in [0.15, 0.2) is 42.5 Å². The molecule has 2 aromatic carbocycles. The Morgan fingerprint density at radius 2 is 1.70 bits per heavy atom. The van der Waals surface area contributed by atoms with Crippen molar-refractivity contribution in [3.8, 4) is 11.4 Å². The number of rotatable bonds is 5. The zero-order valence-corrected chi connectivity index (χ0v) is 24.5. The van der Waals surface area contributed by atoms with Crippen molar-refractivity contribution in [3.05, 3.63) is 65.0 Å². The fraction of sp³-hybridized carbons (Fsp3) is 0.455. The number of amides is 2. The molecule has 0 radical (unpaired) electrons. The van der Waals surface area contributed by atoms with E-state index in [9.17, 15) is 14.4 Å². The van der Waals surface area contributed by atoms with Gasteiger partial charge >= 0.3 is 5.97 Å². The molecule has 3 aromatic rings. The maximum absolute atomic E-state index is 14.2. The second kappa shape index (κ2) is 11.8. The molecule has 2 fully saturated rings. The molecule has 10 heteroatoms. The quantitative estimate of drug-likeness (QED) is 0.383. The molecular weight excluding hydrogens is 548 g/mol. The fourth-order valence-corrected chi connectivity index (χ4v) is 6.09. The molecule has 1 saturated carbocycles. The molecule has 43 heavy (non-hydrogen) atoms. The van der Waals surface area contributed by atoms with Crippen molar-refractivity contribution in [2.45, 2.75) is 65.9 Å². The molecule has 1 aliphatic carbocycles. The van der Waals surface area contributed by atoms with Crippen LogP contribution >= 0.6 is 0 Å². The highest BCUT2D eigenvalue weighted by Crippen LogP contribution is 2.54. The Morgan fingerprint density at radius 3 is 2.37 bits per heavy atom. The van der Waals surface area contributed by atoms with Crippen LogP contribution in [0.2, 0.25) is 0 Å². The molecule has 7 rings (SSSR count). The molecule has 0 N–H and O–H groups in total. The molecule has 10 nitrogen and oxygen atoms in total. The maximum Gasteiger partial charge on any atom is 0.359 e. The van der Waals surface area contributed by atoms with Gasteiger partial charge in [-0.15, -0.1) is 0 Å². The van der Waals surface area contributed by atoms with Crippen molar-refractivity contribution in [1.29, 1.82) is 0 Å². The van der Waals surface area contributed by atoms with E-state index >= 15 is 0 Å². The van der Waals surface area contributed by atoms with Crippen LogP contribution in [0.4, 0.5) is 11.4 Å². The predicted octanol–water partition coefficient (Wildman–Crippen LogP) is 5.09. The van der Waals surface area contributed by atoms with Gasteiger partial charge in [-0.25, -0.2) is 9.48 Å². The van der Waals surface area contributed by atoms with E-state index in [1.807, 2.05) is 56.3 Å². The first kappa shape index (κ1) is 30.3. The van der Waals surface area contributed by atoms with Crippen molar-refractivity contribution < 1.29 is 28.6 Å². The number of anilines is 2. The Hall–Kier alpha value is -4.18. The summed E-state index contributed by atoms with van der Waals surface area (Å²) in [6.07, 6.45) is 1.99. The molecule has 1 spiro atoms. The lowest BCUT2D eigenvalue weighted by Crippen LogP contribution is -2.46. The van der Waals surface area contributed by atoms with E-state index in [0.29, 0.717) is 43.2 Å². The van der Waals surface area contributed by atoms with E-state index in [2.05, 4.69) is 0 Å². The summed E-state index contributed by atoms with van der Waals surface area (Å²) in [6, 6.07) is 13.2. The van der Waals surface area contributed by atoms with Crippen LogP contribution in [0.1, 0.15) is 80.1 Å². The van der Waals surface area contributed by atoms with Crippen molar-refractivity contribution in [2.24, 2.45) is 0 Å². The summed E-state index contributed by atoms with van der Waals surface area (Å²) in [7, 11) is 0. The summed E-state index contributed by atoms with van der Waals surface area (Å²) in [4.78, 5) is 43.4. The van der Waals surface area contributed by atoms with E-state index in [4.69, 9.17) is 19.3 Å². The first-order valence-electron chi connectivity index (χ1n) is 14.8. The molecule has 0 bridgehead atoms. The lowest BCUT2D eigenvalue weighted by Gasteiger charge is -2.34. The second-order valence-corrected chi connectivity index (χ2v) is 10.8. The molecule has 1 aromatic heterocycles. The van der Waals surface area contributed by atoms with Gasteiger partial charge in [0.2, 0.25) is 0 Å². The molecule has 1 saturated heterocycles. The number of hydrogen-bond acceptors (Lipinski definition) is 7. The smallest absolute Gasteiger partial charge is 0.359 e. The van der Waals surface area contributed by atoms with Gasteiger partial charge in [0.05, 0.1) is 25.5 Å². The van der Waals surface area contributed by atoms with Gasteiger partial charge in [-0.3, -0.25) is 9.59 Å². The SMILES string of the molecule is C.CC.CCOC(=O)c1nn(-c2ccc3c(c2)CCO3)c2c1C1(CC1)CN(c1ccc(N3CCOC(C)C3=O)cc1)C2=O. The first-order chi connectivity index (χ1) is 20.4. The third kappa shape index (κ3) is 5.07. The van der Waals surface area contributed by atoms with Crippen LogP contribution < -0.4 is 14.5 Å². The van der Waals surface area contributed by atoms with Crippen molar-refractivity contribution in [3.63, 3.8) is 0 Å². The van der Waals surface area contributed by atoms with E-state index in [1.54, 1.807) is 28.3 Å². The summed E-state index contributed by atoms with van der Waals surface area (Å²) < 4.78 is 18.1. The average Bonchev–Trinajstić information content (AvgIpc) is 3.41. The molecule has 4 aliphatic rings. The van der Waals surface area contributed by atoms with Gasteiger partial charge in [0.15, 0.2) is 5.69 Å². The zero-order chi connectivity index (χ0) is 29.6. The number of aromatic nitrogens is 2. The van der Waals surface area contributed by atoms with Crippen LogP contribution in [-0.2, 0) is 26.1 Å². The first-order valence-corrected chi connectivity index (χ1v) is 14.8. The predicted molar refractivity (Wildman–Crippen MR) is 164 cm³/mol. The summed E-state index contributed by atoms with van der Waals surface area (Å²) in [6.45, 7) is 9.76. The Morgan fingerprint density at radius 1 is 1.02 bits per heavy atom. The standard InChI is InChI=1S/C30H30N4O6.C2H6.CH4/c1-3-38-29(37)25-24-26(34(31-25)22-8-9-23-19(16-22)10-14-40-23)28(36)33(17-30(24)11-12-30)21-6-4-20(5-7-21)32-13-15-39-18(2)27(32)35;1-2;/h4-9,16,18H,3,10-15,17H2,1-2H3;1-2H3;1H4. The zero-order valence-electron chi connectivity index (χ0n) is 24.5. The van der Waals surface area contributed by atoms with Crippen LogP contribution in [0.5, 0.6) is 5.75 Å². The Kier molecular flexibility index (Phi) is 8.34. The number of carbonyl (C=O) groups excluding carboxylic acids is 3. The van der Waals surface area contributed by atoms with Gasteiger partial charge in [0.1, 0.15) is 17.5 Å². The number of ether oxygens (including phenoxy) is 3. The van der Waals surface area contributed by atoms with E-state index in [0.717, 1.165) is 42.0 Å². The Labute approximate surface area is 252 Å². The molecule has 1 unspecified atom stereocenters. The van der Waals surface area contributed by atoms with E-state index < -0.39 is 12.1 Å².